The molecular weight excluding hydrogens is 460 g/mol. The number of carbonyl (C=O) groups is 1. The van der Waals surface area contributed by atoms with Crippen LogP contribution in [0.25, 0.3) is 6.08 Å². The maximum Gasteiger partial charge on any atom is 0.205 e. The minimum Gasteiger partial charge on any atom is -0.479 e. The van der Waals surface area contributed by atoms with E-state index in [0.717, 1.165) is 0 Å². The van der Waals surface area contributed by atoms with Crippen molar-refractivity contribution in [2.75, 3.05) is 0 Å². The number of hydrogen-bond acceptors (Lipinski definition) is 4. The molecule has 0 N–H and O–H groups in total. The number of nitrogens with zero attached hydrogens (tertiary/aromatic N) is 2. The summed E-state index contributed by atoms with van der Waals surface area (Å²) < 4.78 is 65.8. The lowest BCUT2D eigenvalue weighted by Gasteiger charge is -2.08. The summed E-state index contributed by atoms with van der Waals surface area (Å²) in [6.45, 7) is 1.87. The van der Waals surface area contributed by atoms with Gasteiger partial charge in [-0.1, -0.05) is 0 Å². The average molecular weight is 473 g/mol. The smallest absolute Gasteiger partial charge is 0.205 e. The van der Waals surface area contributed by atoms with Crippen molar-refractivity contribution in [3.05, 3.63) is 75.4 Å². The Labute approximate surface area is 170 Å². The van der Waals surface area contributed by atoms with Gasteiger partial charge >= 0.3 is 0 Å². The van der Waals surface area contributed by atoms with Gasteiger partial charge in [-0.3, -0.25) is 9.48 Å². The average Bonchev–Trinajstić information content (AvgIpc) is 3.30. The van der Waals surface area contributed by atoms with Crippen molar-refractivity contribution in [3.8, 4) is 5.75 Å². The molecule has 0 saturated carbocycles. The number of benzene rings is 1. The molecule has 0 aliphatic rings. The first-order valence-electron chi connectivity index (χ1n) is 8.30. The van der Waals surface area contributed by atoms with Crippen molar-refractivity contribution in [3.63, 3.8) is 0 Å². The fourth-order valence-electron chi connectivity index (χ4n) is 2.47. The molecule has 152 valence electrons. The SMILES string of the molecule is CCn1ncc(Br)c1C(=O)/C=C/c1ccc(COc2c(F)c(F)cc(F)c2F)o1. The Morgan fingerprint density at radius 3 is 2.59 bits per heavy atom. The van der Waals surface area contributed by atoms with Crippen LogP contribution in [0.1, 0.15) is 28.9 Å². The number of ketones is 1. The van der Waals surface area contributed by atoms with Crippen LogP contribution in [-0.2, 0) is 13.2 Å². The van der Waals surface area contributed by atoms with Crippen LogP contribution in [-0.4, -0.2) is 15.6 Å². The summed E-state index contributed by atoms with van der Waals surface area (Å²) in [6.07, 6.45) is 4.19. The van der Waals surface area contributed by atoms with Crippen molar-refractivity contribution < 1.29 is 31.5 Å². The van der Waals surface area contributed by atoms with Crippen LogP contribution in [0.4, 0.5) is 17.6 Å². The number of aryl methyl sites for hydroxylation is 1. The lowest BCUT2D eigenvalue weighted by Crippen LogP contribution is -2.07. The zero-order valence-corrected chi connectivity index (χ0v) is 16.5. The van der Waals surface area contributed by atoms with Gasteiger partial charge < -0.3 is 9.15 Å². The molecule has 0 aliphatic heterocycles. The zero-order chi connectivity index (χ0) is 21.1. The molecular formula is C19H13BrF4N2O3. The minimum absolute atomic E-state index is 0.0905. The van der Waals surface area contributed by atoms with Crippen LogP contribution >= 0.6 is 15.9 Å². The lowest BCUT2D eigenvalue weighted by atomic mass is 10.2. The van der Waals surface area contributed by atoms with Gasteiger partial charge in [0.25, 0.3) is 0 Å². The summed E-state index contributed by atoms with van der Waals surface area (Å²) in [5.41, 5.74) is 0.373. The molecule has 0 atom stereocenters. The first kappa shape index (κ1) is 20.8. The molecule has 2 aromatic heterocycles. The highest BCUT2D eigenvalue weighted by atomic mass is 79.9. The molecule has 0 saturated heterocycles. The summed E-state index contributed by atoms with van der Waals surface area (Å²) in [5, 5.41) is 4.05. The number of rotatable bonds is 7. The second-order valence-electron chi connectivity index (χ2n) is 5.74. The second-order valence-corrected chi connectivity index (χ2v) is 6.60. The van der Waals surface area contributed by atoms with E-state index < -0.39 is 35.6 Å². The van der Waals surface area contributed by atoms with Crippen molar-refractivity contribution in [1.82, 2.24) is 9.78 Å². The van der Waals surface area contributed by atoms with Crippen molar-refractivity contribution >= 4 is 27.8 Å². The molecule has 1 aromatic carbocycles. The van der Waals surface area contributed by atoms with E-state index in [1.54, 1.807) is 0 Å². The van der Waals surface area contributed by atoms with Crippen molar-refractivity contribution in [1.29, 1.82) is 0 Å². The minimum atomic E-state index is -1.64. The molecule has 0 fully saturated rings. The molecule has 0 amide bonds. The van der Waals surface area contributed by atoms with E-state index >= 15 is 0 Å². The molecule has 0 radical (unpaired) electrons. The number of allylic oxidation sites excluding steroid dienone is 1. The van der Waals surface area contributed by atoms with E-state index in [-0.39, 0.29) is 23.4 Å². The van der Waals surface area contributed by atoms with Crippen LogP contribution in [0.15, 0.2) is 39.4 Å². The third kappa shape index (κ3) is 4.42. The number of furan rings is 1. The van der Waals surface area contributed by atoms with Crippen LogP contribution in [0.5, 0.6) is 5.75 Å². The summed E-state index contributed by atoms with van der Waals surface area (Å²) in [4.78, 5) is 12.3. The highest BCUT2D eigenvalue weighted by Crippen LogP contribution is 2.27. The maximum absolute atomic E-state index is 13.6. The Morgan fingerprint density at radius 1 is 1.24 bits per heavy atom. The third-order valence-electron chi connectivity index (χ3n) is 3.84. The van der Waals surface area contributed by atoms with Gasteiger partial charge in [-0.2, -0.15) is 13.9 Å². The van der Waals surface area contributed by atoms with Crippen molar-refractivity contribution in [2.24, 2.45) is 0 Å². The number of halogens is 5. The number of carbonyl (C=O) groups excluding carboxylic acids is 1. The van der Waals surface area contributed by atoms with Crippen LogP contribution < -0.4 is 4.74 Å². The van der Waals surface area contributed by atoms with Gasteiger partial charge in [-0.25, -0.2) is 8.78 Å². The van der Waals surface area contributed by atoms with Crippen LogP contribution in [0, 0.1) is 23.3 Å². The highest BCUT2D eigenvalue weighted by Gasteiger charge is 2.21. The Hall–Kier alpha value is -2.88. The number of hydrogen-bond donors (Lipinski definition) is 0. The Kier molecular flexibility index (Phi) is 6.21. The summed E-state index contributed by atoms with van der Waals surface area (Å²) in [6, 6.07) is 3.02. The monoisotopic (exact) mass is 472 g/mol. The molecule has 0 spiro atoms. The van der Waals surface area contributed by atoms with Crippen molar-refractivity contribution in [2.45, 2.75) is 20.1 Å². The van der Waals surface area contributed by atoms with E-state index in [2.05, 4.69) is 21.0 Å². The third-order valence-corrected chi connectivity index (χ3v) is 4.42. The second kappa shape index (κ2) is 8.64. The Balaban J connectivity index is 1.70. The fourth-order valence-corrected chi connectivity index (χ4v) is 2.96. The molecule has 29 heavy (non-hydrogen) atoms. The molecule has 0 aliphatic carbocycles. The van der Waals surface area contributed by atoms with Gasteiger partial charge in [0.05, 0.1) is 10.7 Å². The molecule has 0 unspecified atom stereocenters. The van der Waals surface area contributed by atoms with E-state index in [1.807, 2.05) is 6.92 Å². The van der Waals surface area contributed by atoms with Gasteiger partial charge in [0.1, 0.15) is 23.8 Å². The predicted octanol–water partition coefficient (Wildman–Crippen LogP) is 5.29. The largest absolute Gasteiger partial charge is 0.479 e. The Bertz CT molecular complexity index is 1070. The number of ether oxygens (including phenoxy) is 1. The molecule has 10 heteroatoms. The van der Waals surface area contributed by atoms with Gasteiger partial charge in [0.15, 0.2) is 17.4 Å². The van der Waals surface area contributed by atoms with Gasteiger partial charge in [-0.05, 0) is 47.1 Å². The maximum atomic E-state index is 13.6. The van der Waals surface area contributed by atoms with Crippen LogP contribution in [0.2, 0.25) is 0 Å². The standard InChI is InChI=1S/C19H13BrF4N2O3/c1-2-26-18(12(20)8-25-26)15(27)6-5-10-3-4-11(29-10)9-28-19-16(23)13(21)7-14(22)17(19)24/h3-8H,2,9H2,1H3/b6-5+. The lowest BCUT2D eigenvalue weighted by molar-refractivity contribution is 0.103. The Morgan fingerprint density at radius 2 is 1.93 bits per heavy atom. The molecule has 3 aromatic rings. The summed E-state index contributed by atoms with van der Waals surface area (Å²) in [7, 11) is 0. The normalized spacial score (nSPS) is 11.4. The first-order chi connectivity index (χ1) is 13.8. The number of aromatic nitrogens is 2. The molecule has 5 nitrogen and oxygen atoms in total. The predicted molar refractivity (Wildman–Crippen MR) is 98.3 cm³/mol. The van der Waals surface area contributed by atoms with E-state index in [0.29, 0.717) is 16.7 Å². The van der Waals surface area contributed by atoms with E-state index in [4.69, 9.17) is 9.15 Å². The van der Waals surface area contributed by atoms with E-state index in [9.17, 15) is 22.4 Å². The molecule has 0 bridgehead atoms. The topological polar surface area (TPSA) is 57.3 Å². The highest BCUT2D eigenvalue weighted by molar-refractivity contribution is 9.10. The van der Waals surface area contributed by atoms with Gasteiger partial charge in [-0.15, -0.1) is 0 Å². The summed E-state index contributed by atoms with van der Waals surface area (Å²) >= 11 is 3.26. The first-order valence-corrected chi connectivity index (χ1v) is 9.09. The van der Waals surface area contributed by atoms with Gasteiger partial charge in [0, 0.05) is 12.6 Å². The quantitative estimate of drug-likeness (QED) is 0.203. The van der Waals surface area contributed by atoms with E-state index in [1.165, 1.54) is 35.2 Å². The zero-order valence-electron chi connectivity index (χ0n) is 14.9. The molecule has 3 rings (SSSR count). The van der Waals surface area contributed by atoms with Crippen LogP contribution in [0.3, 0.4) is 0 Å². The molecule has 2 heterocycles. The van der Waals surface area contributed by atoms with Gasteiger partial charge in [0.2, 0.25) is 17.4 Å². The summed E-state index contributed by atoms with van der Waals surface area (Å²) in [5.74, 6) is -7.52. The fraction of sp³-hybridized carbons (Fsp3) is 0.158.